The molecule has 0 saturated carbocycles. The summed E-state index contributed by atoms with van der Waals surface area (Å²) in [7, 11) is 0. The van der Waals surface area contributed by atoms with Crippen LogP contribution in [0.3, 0.4) is 0 Å². The number of hydrogen-bond donors (Lipinski definition) is 2. The highest BCUT2D eigenvalue weighted by Gasteiger charge is 2.14. The quantitative estimate of drug-likeness (QED) is 0.451. The molecule has 0 spiro atoms. The smallest absolute Gasteiger partial charge is 0.339 e. The summed E-state index contributed by atoms with van der Waals surface area (Å²) < 4.78 is 6.04. The average Bonchev–Trinajstić information content (AvgIpc) is 2.78. The van der Waals surface area contributed by atoms with Crippen LogP contribution in [0.25, 0.3) is 0 Å². The van der Waals surface area contributed by atoms with E-state index in [1.165, 1.54) is 18.2 Å². The van der Waals surface area contributed by atoms with Crippen LogP contribution in [0, 0.1) is 20.6 Å². The molecule has 7 nitrogen and oxygen atoms in total. The second-order valence-electron chi connectivity index (χ2n) is 4.26. The molecule has 0 saturated heterocycles. The van der Waals surface area contributed by atoms with Crippen molar-refractivity contribution >= 4 is 39.9 Å². The standard InChI is InChI=1S/C13H11IN2O5/c1-7-10(13(17)18)5-9(21-7)6-15-12-3-2-8(16(19)20)4-11(12)14/h2-5,15H,6H2,1H3,(H,17,18). The van der Waals surface area contributed by atoms with Gasteiger partial charge in [0.05, 0.1) is 11.5 Å². The number of nitrogens with one attached hydrogen (secondary N) is 1. The fourth-order valence-electron chi connectivity index (χ4n) is 1.79. The SMILES string of the molecule is Cc1oc(CNc2ccc([N+](=O)[O-])cc2I)cc1C(=O)O. The Morgan fingerprint density at radius 1 is 1.48 bits per heavy atom. The second kappa shape index (κ2) is 6.12. The normalized spacial score (nSPS) is 10.4. The van der Waals surface area contributed by atoms with Crippen LogP contribution in [0.2, 0.25) is 0 Å². The van der Waals surface area contributed by atoms with Crippen LogP contribution < -0.4 is 5.32 Å². The fourth-order valence-corrected chi connectivity index (χ4v) is 2.48. The average molecular weight is 402 g/mol. The molecule has 0 unspecified atom stereocenters. The van der Waals surface area contributed by atoms with Gasteiger partial charge in [-0.3, -0.25) is 10.1 Å². The van der Waals surface area contributed by atoms with Crippen molar-refractivity contribution in [3.05, 3.63) is 55.0 Å². The lowest BCUT2D eigenvalue weighted by Crippen LogP contribution is -2.01. The topological polar surface area (TPSA) is 106 Å². The number of rotatable bonds is 5. The molecule has 0 bridgehead atoms. The van der Waals surface area contributed by atoms with Gasteiger partial charge in [-0.05, 0) is 41.6 Å². The van der Waals surface area contributed by atoms with E-state index in [-0.39, 0.29) is 11.3 Å². The Hall–Kier alpha value is -2.10. The molecule has 2 rings (SSSR count). The van der Waals surface area contributed by atoms with Crippen LogP contribution in [0.15, 0.2) is 28.7 Å². The van der Waals surface area contributed by atoms with Gasteiger partial charge < -0.3 is 14.8 Å². The van der Waals surface area contributed by atoms with Crippen LogP contribution in [0.5, 0.6) is 0 Å². The Bertz CT molecular complexity index is 711. The number of furan rings is 1. The first-order valence-electron chi connectivity index (χ1n) is 5.89. The zero-order valence-electron chi connectivity index (χ0n) is 10.9. The molecule has 1 aromatic carbocycles. The van der Waals surface area contributed by atoms with Gasteiger partial charge >= 0.3 is 5.97 Å². The zero-order chi connectivity index (χ0) is 15.6. The van der Waals surface area contributed by atoms with E-state index in [4.69, 9.17) is 9.52 Å². The lowest BCUT2D eigenvalue weighted by molar-refractivity contribution is -0.384. The first-order valence-corrected chi connectivity index (χ1v) is 6.96. The first-order chi connectivity index (χ1) is 9.88. The molecule has 0 atom stereocenters. The summed E-state index contributed by atoms with van der Waals surface area (Å²) in [5.74, 6) is -0.204. The van der Waals surface area contributed by atoms with Crippen molar-refractivity contribution in [3.8, 4) is 0 Å². The van der Waals surface area contributed by atoms with Crippen molar-refractivity contribution in [2.75, 3.05) is 5.32 Å². The van der Waals surface area contributed by atoms with Gasteiger partial charge in [-0.2, -0.15) is 0 Å². The number of carboxylic acids is 1. The molecule has 0 aliphatic rings. The fraction of sp³-hybridized carbons (Fsp3) is 0.154. The Kier molecular flexibility index (Phi) is 4.46. The van der Waals surface area contributed by atoms with Crippen molar-refractivity contribution in [2.24, 2.45) is 0 Å². The van der Waals surface area contributed by atoms with Crippen LogP contribution >= 0.6 is 22.6 Å². The molecule has 110 valence electrons. The predicted molar refractivity (Wildman–Crippen MR) is 83.5 cm³/mol. The van der Waals surface area contributed by atoms with Crippen molar-refractivity contribution in [2.45, 2.75) is 13.5 Å². The molecule has 2 aromatic rings. The third-order valence-electron chi connectivity index (χ3n) is 2.82. The highest BCUT2D eigenvalue weighted by atomic mass is 127. The van der Waals surface area contributed by atoms with Crippen LogP contribution in [-0.2, 0) is 6.54 Å². The molecule has 0 amide bonds. The van der Waals surface area contributed by atoms with E-state index < -0.39 is 10.9 Å². The van der Waals surface area contributed by atoms with Crippen molar-refractivity contribution in [1.29, 1.82) is 0 Å². The van der Waals surface area contributed by atoms with Gasteiger partial charge in [0.25, 0.3) is 5.69 Å². The molecular weight excluding hydrogens is 391 g/mol. The first kappa shape index (κ1) is 15.3. The van der Waals surface area contributed by atoms with Gasteiger partial charge in [-0.15, -0.1) is 0 Å². The molecule has 0 radical (unpaired) electrons. The van der Waals surface area contributed by atoms with Gasteiger partial charge in [0.1, 0.15) is 17.1 Å². The van der Waals surface area contributed by atoms with E-state index >= 15 is 0 Å². The number of non-ortho nitro benzene ring substituents is 1. The lowest BCUT2D eigenvalue weighted by Gasteiger charge is -2.06. The summed E-state index contributed by atoms with van der Waals surface area (Å²) in [6.45, 7) is 1.88. The van der Waals surface area contributed by atoms with Crippen molar-refractivity contribution in [3.63, 3.8) is 0 Å². The molecule has 1 heterocycles. The third-order valence-corrected chi connectivity index (χ3v) is 3.71. The van der Waals surface area contributed by atoms with Gasteiger partial charge in [0.2, 0.25) is 0 Å². The molecule has 8 heteroatoms. The number of benzene rings is 1. The number of aromatic carboxylic acids is 1. The third kappa shape index (κ3) is 3.51. The minimum atomic E-state index is -1.03. The predicted octanol–water partition coefficient (Wildman–Crippen LogP) is 3.41. The van der Waals surface area contributed by atoms with Gasteiger partial charge in [-0.1, -0.05) is 0 Å². The second-order valence-corrected chi connectivity index (χ2v) is 5.42. The van der Waals surface area contributed by atoms with Gasteiger partial charge in [0, 0.05) is 21.4 Å². The molecule has 0 aliphatic heterocycles. The molecule has 0 aliphatic carbocycles. The van der Waals surface area contributed by atoms with E-state index in [0.717, 1.165) is 0 Å². The van der Waals surface area contributed by atoms with Gasteiger partial charge in [-0.25, -0.2) is 4.79 Å². The van der Waals surface area contributed by atoms with E-state index in [1.807, 2.05) is 22.6 Å². The molecular formula is C13H11IN2O5. The number of nitro benzene ring substituents is 1. The van der Waals surface area contributed by atoms with E-state index in [0.29, 0.717) is 27.3 Å². The number of hydrogen-bond acceptors (Lipinski definition) is 5. The summed E-state index contributed by atoms with van der Waals surface area (Å²) in [5.41, 5.74) is 0.865. The van der Waals surface area contributed by atoms with E-state index in [9.17, 15) is 14.9 Å². The highest BCUT2D eigenvalue weighted by Crippen LogP contribution is 2.24. The van der Waals surface area contributed by atoms with Crippen molar-refractivity contribution < 1.29 is 19.2 Å². The van der Waals surface area contributed by atoms with Crippen LogP contribution in [0.1, 0.15) is 21.9 Å². The minimum absolute atomic E-state index is 0.0203. The monoisotopic (exact) mass is 402 g/mol. The maximum atomic E-state index is 10.9. The molecule has 21 heavy (non-hydrogen) atoms. The highest BCUT2D eigenvalue weighted by molar-refractivity contribution is 14.1. The summed E-state index contributed by atoms with van der Waals surface area (Å²) in [6.07, 6.45) is 0. The summed E-state index contributed by atoms with van der Waals surface area (Å²) in [5, 5.41) is 22.7. The maximum Gasteiger partial charge on any atom is 0.339 e. The lowest BCUT2D eigenvalue weighted by atomic mass is 10.2. The Morgan fingerprint density at radius 2 is 2.19 bits per heavy atom. The Labute approximate surface area is 133 Å². The number of nitro groups is 1. The number of nitrogens with zero attached hydrogens (tertiary/aromatic N) is 1. The maximum absolute atomic E-state index is 10.9. The minimum Gasteiger partial charge on any atom is -0.478 e. The zero-order valence-corrected chi connectivity index (χ0v) is 13.1. The Morgan fingerprint density at radius 3 is 2.71 bits per heavy atom. The van der Waals surface area contributed by atoms with E-state index in [2.05, 4.69) is 5.32 Å². The number of aryl methyl sites for hydroxylation is 1. The number of halogens is 1. The van der Waals surface area contributed by atoms with Gasteiger partial charge in [0.15, 0.2) is 0 Å². The summed E-state index contributed by atoms with van der Waals surface area (Å²) >= 11 is 1.99. The number of carboxylic acid groups (broad SMARTS) is 1. The summed E-state index contributed by atoms with van der Waals surface area (Å²) in [6, 6.07) is 5.93. The molecule has 0 fully saturated rings. The number of carbonyl (C=O) groups is 1. The summed E-state index contributed by atoms with van der Waals surface area (Å²) in [4.78, 5) is 21.1. The van der Waals surface area contributed by atoms with Crippen LogP contribution in [-0.4, -0.2) is 16.0 Å². The number of anilines is 1. The molecule has 2 N–H and O–H groups in total. The largest absolute Gasteiger partial charge is 0.478 e. The van der Waals surface area contributed by atoms with E-state index in [1.54, 1.807) is 13.0 Å². The molecule has 1 aromatic heterocycles. The van der Waals surface area contributed by atoms with Crippen LogP contribution in [0.4, 0.5) is 11.4 Å². The Balaban J connectivity index is 2.11. The van der Waals surface area contributed by atoms with Crippen molar-refractivity contribution in [1.82, 2.24) is 0 Å².